The van der Waals surface area contributed by atoms with Gasteiger partial charge in [-0.2, -0.15) is 0 Å². The number of nitrogens with one attached hydrogen (secondary N) is 2. The van der Waals surface area contributed by atoms with Crippen LogP contribution in [-0.2, 0) is 9.53 Å². The smallest absolute Gasteiger partial charge is 0.309 e. The van der Waals surface area contributed by atoms with Crippen molar-refractivity contribution in [3.63, 3.8) is 0 Å². The number of carbonyl (C=O) groups excluding carboxylic acids is 1. The first-order valence-electron chi connectivity index (χ1n) is 9.57. The third-order valence-corrected chi connectivity index (χ3v) is 5.38. The molecule has 0 aliphatic heterocycles. The molecule has 0 bridgehead atoms. The van der Waals surface area contributed by atoms with Gasteiger partial charge in [-0.1, -0.05) is 13.0 Å². The summed E-state index contributed by atoms with van der Waals surface area (Å²) in [5.41, 5.74) is 1.10. The normalized spacial score (nSPS) is 19.0. The van der Waals surface area contributed by atoms with E-state index in [2.05, 4.69) is 32.5 Å². The van der Waals surface area contributed by atoms with Crippen LogP contribution in [0.25, 0.3) is 0 Å². The molecule has 0 amide bonds. The molecule has 2 aromatic heterocycles. The Morgan fingerprint density at radius 1 is 1.21 bits per heavy atom. The molecule has 0 aromatic carbocycles. The number of anilines is 2. The predicted octanol–water partition coefficient (Wildman–Crippen LogP) is 3.42. The van der Waals surface area contributed by atoms with Gasteiger partial charge < -0.3 is 15.4 Å². The van der Waals surface area contributed by atoms with Crippen LogP contribution in [-0.4, -0.2) is 46.9 Å². The predicted molar refractivity (Wildman–Crippen MR) is 112 cm³/mol. The van der Waals surface area contributed by atoms with Crippen LogP contribution in [0.5, 0.6) is 0 Å². The number of thioether (sulfide) groups is 1. The Hall–Kier alpha value is -2.35. The second-order valence-corrected chi connectivity index (χ2v) is 7.87. The summed E-state index contributed by atoms with van der Waals surface area (Å²) in [5, 5.41) is 6.61. The van der Waals surface area contributed by atoms with Crippen LogP contribution in [0.4, 0.5) is 11.8 Å². The molecule has 2 aromatic rings. The molecular weight excluding hydrogens is 374 g/mol. The first kappa shape index (κ1) is 20.4. The Kier molecular flexibility index (Phi) is 7.08. The van der Waals surface area contributed by atoms with Gasteiger partial charge in [0, 0.05) is 36.6 Å². The molecule has 1 saturated carbocycles. The molecule has 1 aliphatic carbocycles. The highest BCUT2D eigenvalue weighted by Gasteiger charge is 2.45. The highest BCUT2D eigenvalue weighted by atomic mass is 32.2. The molecule has 3 atom stereocenters. The van der Waals surface area contributed by atoms with Crippen molar-refractivity contribution in [1.82, 2.24) is 15.0 Å². The summed E-state index contributed by atoms with van der Waals surface area (Å²) in [6.45, 7) is 5.98. The van der Waals surface area contributed by atoms with E-state index in [0.29, 0.717) is 18.5 Å². The van der Waals surface area contributed by atoms with E-state index in [1.165, 1.54) is 0 Å². The first-order chi connectivity index (χ1) is 13.6. The molecule has 0 unspecified atom stereocenters. The van der Waals surface area contributed by atoms with Gasteiger partial charge in [0.15, 0.2) is 0 Å². The maximum absolute atomic E-state index is 11.8. The fourth-order valence-corrected chi connectivity index (χ4v) is 3.25. The molecule has 28 heavy (non-hydrogen) atoms. The van der Waals surface area contributed by atoms with Crippen molar-refractivity contribution in [3.05, 3.63) is 36.3 Å². The van der Waals surface area contributed by atoms with Crippen molar-refractivity contribution in [2.75, 3.05) is 36.6 Å². The standard InChI is InChI=1S/C20H27N5O2S/c1-4-27-19(26)17-7-16(17)14-5-6-18(22-10-14)21-8-13(2)9-23-20-24-11-15(28-3)12-25-20/h5-6,10-13,16-17H,4,7-9H2,1-3H3,(H,21,22)(H,23,24,25)/t13-,16-,17+/m1/s1. The maximum atomic E-state index is 11.8. The number of ether oxygens (including phenoxy) is 1. The van der Waals surface area contributed by atoms with E-state index in [1.807, 2.05) is 43.9 Å². The lowest BCUT2D eigenvalue weighted by molar-refractivity contribution is -0.144. The number of esters is 1. The summed E-state index contributed by atoms with van der Waals surface area (Å²) in [4.78, 5) is 25.9. The average Bonchev–Trinajstić information content (AvgIpc) is 3.53. The minimum absolute atomic E-state index is 0.00106. The molecule has 1 fully saturated rings. The number of hydrogen-bond donors (Lipinski definition) is 2. The van der Waals surface area contributed by atoms with E-state index in [9.17, 15) is 4.79 Å². The lowest BCUT2D eigenvalue weighted by Crippen LogP contribution is -2.21. The van der Waals surface area contributed by atoms with Gasteiger partial charge in [0.25, 0.3) is 0 Å². The molecule has 0 saturated heterocycles. The third-order valence-electron chi connectivity index (χ3n) is 4.70. The molecule has 0 radical (unpaired) electrons. The second-order valence-electron chi connectivity index (χ2n) is 6.99. The van der Waals surface area contributed by atoms with Gasteiger partial charge in [-0.3, -0.25) is 4.79 Å². The second kappa shape index (κ2) is 9.73. The summed E-state index contributed by atoms with van der Waals surface area (Å²) in [6, 6.07) is 4.02. The van der Waals surface area contributed by atoms with E-state index in [4.69, 9.17) is 4.74 Å². The molecule has 3 rings (SSSR count). The Balaban J connectivity index is 1.40. The Morgan fingerprint density at radius 2 is 1.96 bits per heavy atom. The van der Waals surface area contributed by atoms with E-state index >= 15 is 0 Å². The quantitative estimate of drug-likeness (QED) is 0.462. The number of aromatic nitrogens is 3. The van der Waals surface area contributed by atoms with Gasteiger partial charge in [0.05, 0.1) is 12.5 Å². The highest BCUT2D eigenvalue weighted by Crippen LogP contribution is 2.48. The lowest BCUT2D eigenvalue weighted by atomic mass is 10.1. The largest absolute Gasteiger partial charge is 0.466 e. The van der Waals surface area contributed by atoms with Crippen molar-refractivity contribution >= 4 is 29.5 Å². The zero-order chi connectivity index (χ0) is 19.9. The molecule has 0 spiro atoms. The maximum Gasteiger partial charge on any atom is 0.309 e. The van der Waals surface area contributed by atoms with Gasteiger partial charge in [-0.05, 0) is 43.1 Å². The van der Waals surface area contributed by atoms with E-state index in [0.717, 1.165) is 35.8 Å². The Labute approximate surface area is 170 Å². The lowest BCUT2D eigenvalue weighted by Gasteiger charge is -2.14. The monoisotopic (exact) mass is 401 g/mol. The molecule has 2 N–H and O–H groups in total. The SMILES string of the molecule is CCOC(=O)[C@H]1C[C@@H]1c1ccc(NC[C@@H](C)CNc2ncc(SC)cn2)nc1. The highest BCUT2D eigenvalue weighted by molar-refractivity contribution is 7.98. The fourth-order valence-electron chi connectivity index (χ4n) is 2.93. The van der Waals surface area contributed by atoms with Gasteiger partial charge in [0.2, 0.25) is 5.95 Å². The van der Waals surface area contributed by atoms with Crippen LogP contribution in [0.15, 0.2) is 35.6 Å². The summed E-state index contributed by atoms with van der Waals surface area (Å²) in [7, 11) is 0. The minimum atomic E-state index is -0.0944. The van der Waals surface area contributed by atoms with Gasteiger partial charge in [-0.25, -0.2) is 15.0 Å². The molecule has 8 heteroatoms. The zero-order valence-corrected chi connectivity index (χ0v) is 17.3. The zero-order valence-electron chi connectivity index (χ0n) is 16.5. The van der Waals surface area contributed by atoms with Crippen molar-refractivity contribution in [2.24, 2.45) is 11.8 Å². The van der Waals surface area contributed by atoms with Gasteiger partial charge in [0.1, 0.15) is 5.82 Å². The van der Waals surface area contributed by atoms with Crippen LogP contribution in [0.2, 0.25) is 0 Å². The summed E-state index contributed by atoms with van der Waals surface area (Å²) >= 11 is 1.63. The number of hydrogen-bond acceptors (Lipinski definition) is 8. The van der Waals surface area contributed by atoms with E-state index < -0.39 is 0 Å². The van der Waals surface area contributed by atoms with Crippen LogP contribution < -0.4 is 10.6 Å². The van der Waals surface area contributed by atoms with Crippen molar-refractivity contribution in [3.8, 4) is 0 Å². The molecule has 2 heterocycles. The molecule has 1 aliphatic rings. The number of nitrogens with zero attached hydrogens (tertiary/aromatic N) is 3. The first-order valence-corrected chi connectivity index (χ1v) is 10.8. The van der Waals surface area contributed by atoms with Crippen LogP contribution in [0.3, 0.4) is 0 Å². The van der Waals surface area contributed by atoms with Crippen molar-refractivity contribution in [2.45, 2.75) is 31.1 Å². The van der Waals surface area contributed by atoms with Crippen LogP contribution >= 0.6 is 11.8 Å². The summed E-state index contributed by atoms with van der Waals surface area (Å²) in [6.07, 6.45) is 8.36. The number of carbonyl (C=O) groups is 1. The minimum Gasteiger partial charge on any atom is -0.466 e. The Bertz CT molecular complexity index is 769. The topological polar surface area (TPSA) is 89.0 Å². The molecule has 7 nitrogen and oxygen atoms in total. The van der Waals surface area contributed by atoms with Gasteiger partial charge in [-0.15, -0.1) is 11.8 Å². The van der Waals surface area contributed by atoms with Crippen LogP contribution in [0, 0.1) is 11.8 Å². The van der Waals surface area contributed by atoms with Crippen LogP contribution in [0.1, 0.15) is 31.7 Å². The van der Waals surface area contributed by atoms with E-state index in [-0.39, 0.29) is 17.8 Å². The average molecular weight is 402 g/mol. The van der Waals surface area contributed by atoms with Crippen molar-refractivity contribution in [1.29, 1.82) is 0 Å². The van der Waals surface area contributed by atoms with Gasteiger partial charge >= 0.3 is 5.97 Å². The number of rotatable bonds is 10. The number of pyridine rings is 1. The third kappa shape index (κ3) is 5.58. The summed E-state index contributed by atoms with van der Waals surface area (Å²) in [5.74, 6) is 2.02. The Morgan fingerprint density at radius 3 is 2.61 bits per heavy atom. The molecule has 150 valence electrons. The van der Waals surface area contributed by atoms with E-state index in [1.54, 1.807) is 11.8 Å². The summed E-state index contributed by atoms with van der Waals surface area (Å²) < 4.78 is 5.09. The van der Waals surface area contributed by atoms with Crippen molar-refractivity contribution < 1.29 is 9.53 Å². The molecular formula is C20H27N5O2S. The fraction of sp³-hybridized carbons (Fsp3) is 0.500.